The van der Waals surface area contributed by atoms with Crippen molar-refractivity contribution in [1.82, 2.24) is 10.3 Å². The lowest BCUT2D eigenvalue weighted by molar-refractivity contribution is 0.0952. The van der Waals surface area contributed by atoms with E-state index in [1.165, 1.54) is 0 Å². The van der Waals surface area contributed by atoms with Crippen molar-refractivity contribution in [3.63, 3.8) is 0 Å². The van der Waals surface area contributed by atoms with Gasteiger partial charge in [0.25, 0.3) is 11.5 Å². The third-order valence-corrected chi connectivity index (χ3v) is 4.15. The van der Waals surface area contributed by atoms with Crippen molar-refractivity contribution in [2.75, 3.05) is 25.0 Å². The van der Waals surface area contributed by atoms with Crippen LogP contribution in [0.25, 0.3) is 10.9 Å². The van der Waals surface area contributed by atoms with Gasteiger partial charge >= 0.3 is 0 Å². The van der Waals surface area contributed by atoms with E-state index in [9.17, 15) is 9.59 Å². The molecule has 3 aromatic rings. The lowest BCUT2D eigenvalue weighted by Crippen LogP contribution is -2.32. The second kappa shape index (κ2) is 7.66. The average Bonchev–Trinajstić information content (AvgIpc) is 2.65. The molecule has 0 fully saturated rings. The standard InChI is InChI=1S/C20H21N3O2/c1-23(16-9-3-2-4-10-16)13-7-12-21-19(24)17-14-15-8-5-6-11-18(15)22-20(17)25/h2-6,8-11,14H,7,12-13H2,1H3,(H,21,24)(H,22,25). The molecule has 0 aliphatic rings. The summed E-state index contributed by atoms with van der Waals surface area (Å²) in [5.41, 5.74) is 1.65. The molecule has 2 aromatic carbocycles. The third-order valence-electron chi connectivity index (χ3n) is 4.15. The van der Waals surface area contributed by atoms with E-state index in [2.05, 4.69) is 15.2 Å². The summed E-state index contributed by atoms with van der Waals surface area (Å²) < 4.78 is 0. The van der Waals surface area contributed by atoms with Crippen LogP contribution in [-0.4, -0.2) is 31.0 Å². The first-order valence-electron chi connectivity index (χ1n) is 8.31. The molecule has 0 aliphatic carbocycles. The Balaban J connectivity index is 1.56. The van der Waals surface area contributed by atoms with E-state index in [-0.39, 0.29) is 17.0 Å². The highest BCUT2D eigenvalue weighted by Crippen LogP contribution is 2.11. The van der Waals surface area contributed by atoms with Gasteiger partial charge in [-0.15, -0.1) is 0 Å². The molecule has 1 aromatic heterocycles. The van der Waals surface area contributed by atoms with Gasteiger partial charge in [-0.2, -0.15) is 0 Å². The second-order valence-electron chi connectivity index (χ2n) is 5.97. The highest BCUT2D eigenvalue weighted by Gasteiger charge is 2.11. The van der Waals surface area contributed by atoms with Crippen LogP contribution < -0.4 is 15.8 Å². The summed E-state index contributed by atoms with van der Waals surface area (Å²) in [4.78, 5) is 29.2. The molecule has 3 rings (SSSR count). The molecule has 0 atom stereocenters. The number of nitrogens with zero attached hydrogens (tertiary/aromatic N) is 1. The van der Waals surface area contributed by atoms with Crippen LogP contribution in [0.3, 0.4) is 0 Å². The number of pyridine rings is 1. The van der Waals surface area contributed by atoms with Crippen LogP contribution in [0.2, 0.25) is 0 Å². The number of aromatic amines is 1. The predicted octanol–water partition coefficient (Wildman–Crippen LogP) is 2.78. The first kappa shape index (κ1) is 16.8. The Kier molecular flexibility index (Phi) is 5.14. The summed E-state index contributed by atoms with van der Waals surface area (Å²) in [5, 5.41) is 3.67. The number of nitrogens with one attached hydrogen (secondary N) is 2. The van der Waals surface area contributed by atoms with Crippen LogP contribution in [-0.2, 0) is 0 Å². The van der Waals surface area contributed by atoms with Crippen LogP contribution in [0, 0.1) is 0 Å². The number of hydrogen-bond acceptors (Lipinski definition) is 3. The number of anilines is 1. The van der Waals surface area contributed by atoms with Crippen LogP contribution in [0.5, 0.6) is 0 Å². The fourth-order valence-electron chi connectivity index (χ4n) is 2.74. The lowest BCUT2D eigenvalue weighted by atomic mass is 10.1. The number of aromatic nitrogens is 1. The van der Waals surface area contributed by atoms with Crippen molar-refractivity contribution in [2.45, 2.75) is 6.42 Å². The van der Waals surface area contributed by atoms with Crippen molar-refractivity contribution in [3.8, 4) is 0 Å². The number of rotatable bonds is 6. The van der Waals surface area contributed by atoms with Crippen molar-refractivity contribution in [2.24, 2.45) is 0 Å². The number of carbonyl (C=O) groups excluding carboxylic acids is 1. The monoisotopic (exact) mass is 335 g/mol. The van der Waals surface area contributed by atoms with E-state index in [0.717, 1.165) is 29.6 Å². The largest absolute Gasteiger partial charge is 0.375 e. The molecular formula is C20H21N3O2. The minimum Gasteiger partial charge on any atom is -0.375 e. The summed E-state index contributed by atoms with van der Waals surface area (Å²) in [7, 11) is 2.02. The second-order valence-corrected chi connectivity index (χ2v) is 5.97. The lowest BCUT2D eigenvalue weighted by Gasteiger charge is -2.19. The molecule has 0 aliphatic heterocycles. The third kappa shape index (κ3) is 4.07. The minimum atomic E-state index is -0.363. The Morgan fingerprint density at radius 2 is 1.80 bits per heavy atom. The molecule has 25 heavy (non-hydrogen) atoms. The zero-order valence-corrected chi connectivity index (χ0v) is 14.2. The van der Waals surface area contributed by atoms with Gasteiger partial charge in [-0.1, -0.05) is 36.4 Å². The van der Waals surface area contributed by atoms with Crippen LogP contribution >= 0.6 is 0 Å². The van der Waals surface area contributed by atoms with E-state index in [1.54, 1.807) is 6.07 Å². The molecule has 0 radical (unpaired) electrons. The fraction of sp³-hybridized carbons (Fsp3) is 0.200. The summed E-state index contributed by atoms with van der Waals surface area (Å²) in [6.45, 7) is 1.33. The number of para-hydroxylation sites is 2. The zero-order chi connectivity index (χ0) is 17.6. The van der Waals surface area contributed by atoms with Crippen molar-refractivity contribution < 1.29 is 4.79 Å². The van der Waals surface area contributed by atoms with Crippen molar-refractivity contribution in [3.05, 3.63) is 76.6 Å². The normalized spacial score (nSPS) is 10.6. The number of fused-ring (bicyclic) bond motifs is 1. The Labute approximate surface area is 146 Å². The molecule has 0 saturated heterocycles. The van der Waals surface area contributed by atoms with Gasteiger partial charge in [0, 0.05) is 31.3 Å². The number of amides is 1. The summed E-state index contributed by atoms with van der Waals surface area (Å²) in [6, 6.07) is 19.1. The van der Waals surface area contributed by atoms with Crippen LogP contribution in [0.15, 0.2) is 65.5 Å². The SMILES string of the molecule is CN(CCCNC(=O)c1cc2ccccc2[nH]c1=O)c1ccccc1. The smallest absolute Gasteiger partial charge is 0.261 e. The van der Waals surface area contributed by atoms with Crippen LogP contribution in [0.1, 0.15) is 16.8 Å². The van der Waals surface area contributed by atoms with E-state index in [4.69, 9.17) is 0 Å². The predicted molar refractivity (Wildman–Crippen MR) is 101 cm³/mol. The first-order chi connectivity index (χ1) is 12.1. The summed E-state index contributed by atoms with van der Waals surface area (Å²) in [6.07, 6.45) is 0.794. The molecule has 1 amide bonds. The topological polar surface area (TPSA) is 65.2 Å². The highest BCUT2D eigenvalue weighted by molar-refractivity contribution is 5.97. The van der Waals surface area contributed by atoms with Gasteiger partial charge in [-0.3, -0.25) is 9.59 Å². The van der Waals surface area contributed by atoms with Gasteiger partial charge in [0.15, 0.2) is 0 Å². The zero-order valence-electron chi connectivity index (χ0n) is 14.2. The van der Waals surface area contributed by atoms with E-state index in [1.807, 2.05) is 61.6 Å². The Hall–Kier alpha value is -3.08. The van der Waals surface area contributed by atoms with Crippen LogP contribution in [0.4, 0.5) is 5.69 Å². The molecule has 5 nitrogen and oxygen atoms in total. The van der Waals surface area contributed by atoms with Gasteiger partial charge in [0.2, 0.25) is 0 Å². The number of H-pyrrole nitrogens is 1. The molecule has 2 N–H and O–H groups in total. The molecule has 0 saturated carbocycles. The fourth-order valence-corrected chi connectivity index (χ4v) is 2.74. The van der Waals surface area contributed by atoms with Gasteiger partial charge in [0.1, 0.15) is 5.56 Å². The molecule has 0 spiro atoms. The molecule has 1 heterocycles. The maximum atomic E-state index is 12.3. The van der Waals surface area contributed by atoms with E-state index < -0.39 is 0 Å². The Morgan fingerprint density at radius 3 is 2.60 bits per heavy atom. The Bertz CT molecular complexity index is 919. The summed E-state index contributed by atoms with van der Waals surface area (Å²) >= 11 is 0. The minimum absolute atomic E-state index is 0.148. The Morgan fingerprint density at radius 1 is 1.08 bits per heavy atom. The molecular weight excluding hydrogens is 314 g/mol. The quantitative estimate of drug-likeness (QED) is 0.681. The number of carbonyl (C=O) groups is 1. The van der Waals surface area contributed by atoms with Gasteiger partial charge in [-0.05, 0) is 36.1 Å². The van der Waals surface area contributed by atoms with Crippen molar-refractivity contribution >= 4 is 22.5 Å². The molecule has 0 unspecified atom stereocenters. The number of benzene rings is 2. The maximum absolute atomic E-state index is 12.3. The molecule has 0 bridgehead atoms. The highest BCUT2D eigenvalue weighted by atomic mass is 16.2. The molecule has 5 heteroatoms. The average molecular weight is 335 g/mol. The summed E-state index contributed by atoms with van der Waals surface area (Å²) in [5.74, 6) is -0.339. The first-order valence-corrected chi connectivity index (χ1v) is 8.31. The molecule has 128 valence electrons. The van der Waals surface area contributed by atoms with E-state index >= 15 is 0 Å². The maximum Gasteiger partial charge on any atom is 0.261 e. The van der Waals surface area contributed by atoms with Gasteiger partial charge < -0.3 is 15.2 Å². The van der Waals surface area contributed by atoms with Crippen molar-refractivity contribution in [1.29, 1.82) is 0 Å². The number of hydrogen-bond donors (Lipinski definition) is 2. The van der Waals surface area contributed by atoms with Gasteiger partial charge in [-0.25, -0.2) is 0 Å². The van der Waals surface area contributed by atoms with E-state index in [0.29, 0.717) is 6.54 Å². The van der Waals surface area contributed by atoms with Gasteiger partial charge in [0.05, 0.1) is 0 Å².